The lowest BCUT2D eigenvalue weighted by Gasteiger charge is -2.45. The molecule has 82 valence electrons. The summed E-state index contributed by atoms with van der Waals surface area (Å²) in [5, 5.41) is 10.2. The Balaban J connectivity index is 2.13. The zero-order valence-electron chi connectivity index (χ0n) is 9.07. The average molecular weight is 209 g/mol. The Bertz CT molecular complexity index is 358. The number of aliphatic hydroxyl groups is 1. The summed E-state index contributed by atoms with van der Waals surface area (Å²) >= 11 is 0. The number of pyridine rings is 1. The summed E-state index contributed by atoms with van der Waals surface area (Å²) in [6.07, 6.45) is 4.15. The third kappa shape index (κ3) is 1.88. The van der Waals surface area contributed by atoms with Gasteiger partial charge in [0.05, 0.1) is 11.8 Å². The van der Waals surface area contributed by atoms with Gasteiger partial charge in [-0.25, -0.2) is 4.39 Å². The summed E-state index contributed by atoms with van der Waals surface area (Å²) in [5.74, 6) is 0.735. The Kier molecular flexibility index (Phi) is 2.51. The van der Waals surface area contributed by atoms with Crippen molar-refractivity contribution in [2.24, 2.45) is 11.8 Å². The van der Waals surface area contributed by atoms with Crippen LogP contribution in [-0.4, -0.2) is 10.1 Å². The molecule has 0 saturated heterocycles. The molecule has 0 amide bonds. The lowest BCUT2D eigenvalue weighted by molar-refractivity contribution is -0.0937. The third-order valence-electron chi connectivity index (χ3n) is 3.38. The lowest BCUT2D eigenvalue weighted by Crippen LogP contribution is -2.43. The maximum atomic E-state index is 12.9. The lowest BCUT2D eigenvalue weighted by atomic mass is 9.64. The molecule has 0 atom stereocenters. The number of nitrogens with zero attached hydrogens (tertiary/aromatic N) is 1. The highest BCUT2D eigenvalue weighted by Crippen LogP contribution is 2.48. The molecule has 2 nitrogen and oxygen atoms in total. The van der Waals surface area contributed by atoms with E-state index in [1.165, 1.54) is 6.07 Å². The van der Waals surface area contributed by atoms with Gasteiger partial charge in [-0.05, 0) is 30.7 Å². The summed E-state index contributed by atoms with van der Waals surface area (Å²) < 4.78 is 12.9. The van der Waals surface area contributed by atoms with E-state index in [0.717, 1.165) is 19.0 Å². The molecule has 1 heterocycles. The van der Waals surface area contributed by atoms with Crippen molar-refractivity contribution < 1.29 is 9.50 Å². The van der Waals surface area contributed by atoms with Crippen LogP contribution in [0.4, 0.5) is 4.39 Å². The third-order valence-corrected chi connectivity index (χ3v) is 3.38. The molecule has 1 N–H and O–H groups in total. The SMILES string of the molecule is CC(C)C1CC(O)(c2cncc(F)c2)C1. The molecular weight excluding hydrogens is 193 g/mol. The minimum atomic E-state index is -0.843. The molecule has 1 aliphatic rings. The van der Waals surface area contributed by atoms with Gasteiger partial charge in [-0.15, -0.1) is 0 Å². The van der Waals surface area contributed by atoms with E-state index >= 15 is 0 Å². The summed E-state index contributed by atoms with van der Waals surface area (Å²) in [7, 11) is 0. The fourth-order valence-corrected chi connectivity index (χ4v) is 2.18. The van der Waals surface area contributed by atoms with Gasteiger partial charge in [-0.3, -0.25) is 4.98 Å². The van der Waals surface area contributed by atoms with E-state index in [1.807, 2.05) is 0 Å². The van der Waals surface area contributed by atoms with Crippen LogP contribution in [0.5, 0.6) is 0 Å². The molecule has 0 unspecified atom stereocenters. The second-order valence-electron chi connectivity index (χ2n) is 4.84. The van der Waals surface area contributed by atoms with Gasteiger partial charge in [0, 0.05) is 11.8 Å². The van der Waals surface area contributed by atoms with E-state index in [0.29, 0.717) is 17.4 Å². The highest BCUT2D eigenvalue weighted by molar-refractivity contribution is 5.22. The molecule has 1 aromatic rings. The van der Waals surface area contributed by atoms with Crippen LogP contribution in [-0.2, 0) is 5.60 Å². The van der Waals surface area contributed by atoms with Crippen molar-refractivity contribution in [3.63, 3.8) is 0 Å². The van der Waals surface area contributed by atoms with Crippen LogP contribution in [0.3, 0.4) is 0 Å². The van der Waals surface area contributed by atoms with Crippen molar-refractivity contribution in [3.05, 3.63) is 29.8 Å². The van der Waals surface area contributed by atoms with Gasteiger partial charge in [-0.1, -0.05) is 13.8 Å². The molecule has 0 bridgehead atoms. The Morgan fingerprint density at radius 1 is 1.47 bits per heavy atom. The molecule has 0 spiro atoms. The first-order valence-electron chi connectivity index (χ1n) is 5.35. The smallest absolute Gasteiger partial charge is 0.141 e. The summed E-state index contributed by atoms with van der Waals surface area (Å²) in [5.41, 5.74) is -0.233. The largest absolute Gasteiger partial charge is 0.385 e. The first-order valence-corrected chi connectivity index (χ1v) is 5.35. The van der Waals surface area contributed by atoms with Gasteiger partial charge in [0.1, 0.15) is 5.82 Å². The molecule has 0 aromatic carbocycles. The van der Waals surface area contributed by atoms with Crippen molar-refractivity contribution in [2.75, 3.05) is 0 Å². The van der Waals surface area contributed by atoms with Crippen LogP contribution < -0.4 is 0 Å². The fraction of sp³-hybridized carbons (Fsp3) is 0.583. The first-order chi connectivity index (χ1) is 7.01. The summed E-state index contributed by atoms with van der Waals surface area (Å²) in [4.78, 5) is 3.77. The zero-order valence-corrected chi connectivity index (χ0v) is 9.07. The van der Waals surface area contributed by atoms with Crippen molar-refractivity contribution in [3.8, 4) is 0 Å². The second kappa shape index (κ2) is 3.56. The number of halogens is 1. The van der Waals surface area contributed by atoms with E-state index < -0.39 is 5.60 Å². The molecule has 3 heteroatoms. The van der Waals surface area contributed by atoms with Gasteiger partial charge < -0.3 is 5.11 Å². The quantitative estimate of drug-likeness (QED) is 0.811. The molecule has 1 saturated carbocycles. The molecular formula is C12H16FNO. The van der Waals surface area contributed by atoms with Crippen LogP contribution in [0.1, 0.15) is 32.3 Å². The predicted octanol–water partition coefficient (Wildman–Crippen LogP) is 2.47. The fourth-order valence-electron chi connectivity index (χ4n) is 2.18. The average Bonchev–Trinajstić information content (AvgIpc) is 2.12. The van der Waals surface area contributed by atoms with Crippen molar-refractivity contribution in [2.45, 2.75) is 32.3 Å². The Morgan fingerprint density at radius 3 is 2.67 bits per heavy atom. The monoisotopic (exact) mass is 209 g/mol. The Labute approximate surface area is 89.2 Å². The maximum Gasteiger partial charge on any atom is 0.141 e. The second-order valence-corrected chi connectivity index (χ2v) is 4.84. The predicted molar refractivity (Wildman–Crippen MR) is 55.7 cm³/mol. The minimum absolute atomic E-state index is 0.381. The highest BCUT2D eigenvalue weighted by atomic mass is 19.1. The maximum absolute atomic E-state index is 12.9. The summed E-state index contributed by atoms with van der Waals surface area (Å²) in [6, 6.07) is 1.38. The van der Waals surface area contributed by atoms with Gasteiger partial charge >= 0.3 is 0 Å². The Morgan fingerprint density at radius 2 is 2.13 bits per heavy atom. The van der Waals surface area contributed by atoms with Gasteiger partial charge in [-0.2, -0.15) is 0 Å². The first kappa shape index (κ1) is 10.6. The molecule has 0 aliphatic heterocycles. The van der Waals surface area contributed by atoms with Crippen LogP contribution >= 0.6 is 0 Å². The summed E-state index contributed by atoms with van der Waals surface area (Å²) in [6.45, 7) is 4.29. The van der Waals surface area contributed by atoms with Crippen LogP contribution in [0.2, 0.25) is 0 Å². The standard InChI is InChI=1S/C12H16FNO/c1-8(2)9-4-12(15,5-9)10-3-11(13)7-14-6-10/h3,6-9,15H,4-5H2,1-2H3. The molecule has 1 fully saturated rings. The van der Waals surface area contributed by atoms with Crippen molar-refractivity contribution >= 4 is 0 Å². The van der Waals surface area contributed by atoms with E-state index in [1.54, 1.807) is 6.20 Å². The van der Waals surface area contributed by atoms with E-state index in [4.69, 9.17) is 0 Å². The van der Waals surface area contributed by atoms with Gasteiger partial charge in [0.2, 0.25) is 0 Å². The van der Waals surface area contributed by atoms with Crippen LogP contribution in [0.25, 0.3) is 0 Å². The molecule has 1 aromatic heterocycles. The minimum Gasteiger partial charge on any atom is -0.385 e. The molecule has 1 aliphatic carbocycles. The Hall–Kier alpha value is -0.960. The number of hydrogen-bond donors (Lipinski definition) is 1. The van der Waals surface area contributed by atoms with Gasteiger partial charge in [0.25, 0.3) is 0 Å². The van der Waals surface area contributed by atoms with E-state index in [2.05, 4.69) is 18.8 Å². The highest BCUT2D eigenvalue weighted by Gasteiger charge is 2.45. The van der Waals surface area contributed by atoms with Crippen LogP contribution in [0.15, 0.2) is 18.5 Å². The van der Waals surface area contributed by atoms with Crippen molar-refractivity contribution in [1.29, 1.82) is 0 Å². The normalized spacial score (nSPS) is 30.3. The number of aromatic nitrogens is 1. The van der Waals surface area contributed by atoms with Crippen molar-refractivity contribution in [1.82, 2.24) is 4.98 Å². The topological polar surface area (TPSA) is 33.1 Å². The molecule has 0 radical (unpaired) electrons. The van der Waals surface area contributed by atoms with E-state index in [-0.39, 0.29) is 5.82 Å². The zero-order chi connectivity index (χ0) is 11.1. The number of rotatable bonds is 2. The van der Waals surface area contributed by atoms with Gasteiger partial charge in [0.15, 0.2) is 0 Å². The number of hydrogen-bond acceptors (Lipinski definition) is 2. The van der Waals surface area contributed by atoms with Crippen LogP contribution in [0, 0.1) is 17.7 Å². The molecule has 15 heavy (non-hydrogen) atoms. The molecule has 2 rings (SSSR count). The van der Waals surface area contributed by atoms with E-state index in [9.17, 15) is 9.50 Å².